The van der Waals surface area contributed by atoms with Gasteiger partial charge >= 0.3 is 35.5 Å². The molecule has 7 atom stereocenters. The minimum absolute atomic E-state index is 0. The summed E-state index contributed by atoms with van der Waals surface area (Å²) in [4.78, 5) is 38.7. The molecular formula is C27H33NaO5. The topological polar surface area (TPSA) is 83.5 Å². The Morgan fingerprint density at radius 2 is 1.73 bits per heavy atom. The molecule has 172 valence electrons. The van der Waals surface area contributed by atoms with Crippen LogP contribution >= 0.6 is 0 Å². The summed E-state index contributed by atoms with van der Waals surface area (Å²) in [6, 6.07) is 8.87. The van der Waals surface area contributed by atoms with Crippen molar-refractivity contribution in [3.8, 4) is 0 Å². The van der Waals surface area contributed by atoms with Crippen molar-refractivity contribution in [3.05, 3.63) is 35.9 Å². The van der Waals surface area contributed by atoms with Crippen LogP contribution in [-0.4, -0.2) is 23.8 Å². The third kappa shape index (κ3) is 3.40. The van der Waals surface area contributed by atoms with Gasteiger partial charge in [0, 0.05) is 29.1 Å². The van der Waals surface area contributed by atoms with Crippen LogP contribution in [0.3, 0.4) is 0 Å². The minimum atomic E-state index is -1.06. The first kappa shape index (κ1) is 24.9. The summed E-state index contributed by atoms with van der Waals surface area (Å²) in [5, 5.41) is 12.5. The van der Waals surface area contributed by atoms with Crippen LogP contribution in [0, 0.1) is 33.5 Å². The SMILES string of the molecule is C[C@@]12CC[C@]3(C1)[C@H](CC2=O)C[C@@H](OC(=O)c1ccccc1)[C@H]1[C@](C)(C(=O)[O-])CCC[C@@]13C.[Na+]. The fourth-order valence-electron chi connectivity index (χ4n) is 8.64. The Morgan fingerprint density at radius 3 is 2.39 bits per heavy atom. The molecule has 0 N–H and O–H groups in total. The molecule has 33 heavy (non-hydrogen) atoms. The van der Waals surface area contributed by atoms with E-state index in [9.17, 15) is 19.5 Å². The van der Waals surface area contributed by atoms with E-state index in [1.165, 1.54) is 0 Å². The average Bonchev–Trinajstić information content (AvgIpc) is 3.08. The number of ether oxygens (including phenoxy) is 1. The fourth-order valence-corrected chi connectivity index (χ4v) is 8.64. The van der Waals surface area contributed by atoms with Crippen LogP contribution in [0.25, 0.3) is 0 Å². The summed E-state index contributed by atoms with van der Waals surface area (Å²) in [7, 11) is 0. The molecule has 0 saturated heterocycles. The number of carboxylic acid groups (broad SMARTS) is 1. The molecule has 0 aromatic heterocycles. The summed E-state index contributed by atoms with van der Waals surface area (Å²) in [6.45, 7) is 6.13. The molecule has 0 aliphatic heterocycles. The van der Waals surface area contributed by atoms with Crippen LogP contribution in [0.15, 0.2) is 30.3 Å². The molecule has 4 fully saturated rings. The first-order valence-corrected chi connectivity index (χ1v) is 12.1. The standard InChI is InChI=1S/C27H34O5.Na/c1-24-12-13-27(16-24)18(15-20(24)28)14-19(32-22(29)17-8-5-4-6-9-17)21-25(2,23(30)31)10-7-11-26(21,27)3;/h4-6,8-9,18-19,21H,7,10-16H2,1-3H3,(H,30,31);/q;+1/p-1/t18-,19+,21-,24+,25+,26-,27-;/m0./s1. The number of aliphatic carboxylic acids is 1. The molecular weight excluding hydrogens is 427 g/mol. The van der Waals surface area contributed by atoms with Gasteiger partial charge in [-0.2, -0.15) is 0 Å². The van der Waals surface area contributed by atoms with Crippen LogP contribution in [0.2, 0.25) is 0 Å². The number of hydrogen-bond acceptors (Lipinski definition) is 5. The number of carbonyl (C=O) groups excluding carboxylic acids is 3. The fraction of sp³-hybridized carbons (Fsp3) is 0.667. The molecule has 4 aliphatic rings. The van der Waals surface area contributed by atoms with E-state index >= 15 is 0 Å². The third-order valence-electron chi connectivity index (χ3n) is 10.2. The third-order valence-corrected chi connectivity index (χ3v) is 10.2. The molecule has 0 radical (unpaired) electrons. The van der Waals surface area contributed by atoms with Crippen molar-refractivity contribution in [2.24, 2.45) is 33.5 Å². The van der Waals surface area contributed by atoms with Gasteiger partial charge in [0.05, 0.1) is 5.56 Å². The Kier molecular flexibility index (Phi) is 6.20. The maximum absolute atomic E-state index is 13.1. The number of hydrogen-bond donors (Lipinski definition) is 0. The van der Waals surface area contributed by atoms with Gasteiger partial charge in [0.15, 0.2) is 0 Å². The molecule has 2 bridgehead atoms. The Morgan fingerprint density at radius 1 is 1.03 bits per heavy atom. The zero-order chi connectivity index (χ0) is 22.9. The molecule has 1 spiro atoms. The van der Waals surface area contributed by atoms with Crippen molar-refractivity contribution in [1.82, 2.24) is 0 Å². The van der Waals surface area contributed by atoms with Gasteiger partial charge in [0.1, 0.15) is 11.9 Å². The zero-order valence-corrected chi connectivity index (χ0v) is 22.3. The number of benzene rings is 1. The Balaban J connectivity index is 0.00000259. The maximum Gasteiger partial charge on any atom is 1.00 e. The number of carboxylic acids is 1. The van der Waals surface area contributed by atoms with Crippen molar-refractivity contribution in [2.75, 3.05) is 0 Å². The normalized spacial score (nSPS) is 43.6. The van der Waals surface area contributed by atoms with Gasteiger partial charge in [0.25, 0.3) is 0 Å². The molecule has 4 aliphatic carbocycles. The van der Waals surface area contributed by atoms with Crippen LogP contribution in [0.1, 0.15) is 82.5 Å². The number of carbonyl (C=O) groups is 3. The van der Waals surface area contributed by atoms with Gasteiger partial charge in [-0.25, -0.2) is 4.79 Å². The van der Waals surface area contributed by atoms with Crippen molar-refractivity contribution < 1.29 is 53.8 Å². The summed E-state index contributed by atoms with van der Waals surface area (Å²) >= 11 is 0. The van der Waals surface area contributed by atoms with Crippen LogP contribution in [-0.2, 0) is 14.3 Å². The van der Waals surface area contributed by atoms with Crippen molar-refractivity contribution >= 4 is 17.7 Å². The molecule has 0 amide bonds. The molecule has 1 aromatic carbocycles. The quantitative estimate of drug-likeness (QED) is 0.496. The van der Waals surface area contributed by atoms with Gasteiger partial charge in [0.2, 0.25) is 0 Å². The second-order valence-corrected chi connectivity index (χ2v) is 11.7. The average molecular weight is 461 g/mol. The molecule has 5 rings (SSSR count). The number of ketones is 1. The van der Waals surface area contributed by atoms with E-state index in [4.69, 9.17) is 4.74 Å². The first-order chi connectivity index (χ1) is 15.1. The largest absolute Gasteiger partial charge is 1.00 e. The predicted molar refractivity (Wildman–Crippen MR) is 116 cm³/mol. The van der Waals surface area contributed by atoms with E-state index in [0.29, 0.717) is 30.6 Å². The maximum atomic E-state index is 13.1. The summed E-state index contributed by atoms with van der Waals surface area (Å²) < 4.78 is 6.13. The molecule has 0 heterocycles. The minimum Gasteiger partial charge on any atom is -0.550 e. The molecule has 1 aromatic rings. The Bertz CT molecular complexity index is 978. The van der Waals surface area contributed by atoms with Gasteiger partial charge in [-0.05, 0) is 67.4 Å². The Labute approximate surface area is 218 Å². The van der Waals surface area contributed by atoms with E-state index in [-0.39, 0.29) is 57.6 Å². The summed E-state index contributed by atoms with van der Waals surface area (Å²) in [5.74, 6) is -1.34. The van der Waals surface area contributed by atoms with Gasteiger partial charge < -0.3 is 14.6 Å². The van der Waals surface area contributed by atoms with Gasteiger partial charge in [-0.3, -0.25) is 4.79 Å². The van der Waals surface area contributed by atoms with Gasteiger partial charge in [-0.15, -0.1) is 0 Å². The van der Waals surface area contributed by atoms with E-state index in [0.717, 1.165) is 32.1 Å². The number of Topliss-reactive ketones (excluding diaryl/α,β-unsaturated/α-hetero) is 1. The van der Waals surface area contributed by atoms with E-state index in [2.05, 4.69) is 13.8 Å². The van der Waals surface area contributed by atoms with E-state index in [1.807, 2.05) is 6.07 Å². The van der Waals surface area contributed by atoms with Crippen molar-refractivity contribution in [3.63, 3.8) is 0 Å². The number of fused-ring (bicyclic) bond motifs is 2. The first-order valence-electron chi connectivity index (χ1n) is 12.1. The van der Waals surface area contributed by atoms with Crippen molar-refractivity contribution in [1.29, 1.82) is 0 Å². The molecule has 4 saturated carbocycles. The second-order valence-electron chi connectivity index (χ2n) is 11.7. The Hall–Kier alpha value is -1.17. The smallest absolute Gasteiger partial charge is 0.550 e. The van der Waals surface area contributed by atoms with Crippen molar-refractivity contribution in [2.45, 2.75) is 78.2 Å². The monoisotopic (exact) mass is 460 g/mol. The zero-order valence-electron chi connectivity index (χ0n) is 20.3. The molecule has 0 unspecified atom stereocenters. The second kappa shape index (κ2) is 8.20. The molecule has 5 nitrogen and oxygen atoms in total. The molecule has 6 heteroatoms. The van der Waals surface area contributed by atoms with Crippen LogP contribution in [0.4, 0.5) is 0 Å². The predicted octanol–water partition coefficient (Wildman–Crippen LogP) is 0.948. The van der Waals surface area contributed by atoms with Crippen LogP contribution in [0.5, 0.6) is 0 Å². The van der Waals surface area contributed by atoms with E-state index < -0.39 is 23.5 Å². The summed E-state index contributed by atoms with van der Waals surface area (Å²) in [6.07, 6.45) is 5.45. The summed E-state index contributed by atoms with van der Waals surface area (Å²) in [5.41, 5.74) is -1.29. The number of esters is 1. The van der Waals surface area contributed by atoms with Gasteiger partial charge in [-0.1, -0.05) is 45.4 Å². The van der Waals surface area contributed by atoms with Crippen LogP contribution < -0.4 is 34.7 Å². The number of rotatable bonds is 3. The van der Waals surface area contributed by atoms with E-state index in [1.54, 1.807) is 31.2 Å².